The van der Waals surface area contributed by atoms with Crippen molar-refractivity contribution < 1.29 is 4.74 Å². The van der Waals surface area contributed by atoms with Gasteiger partial charge in [-0.3, -0.25) is 0 Å². The number of nitrogens with zero attached hydrogens (tertiary/aromatic N) is 1. The Morgan fingerprint density at radius 3 is 2.26 bits per heavy atom. The van der Waals surface area contributed by atoms with Gasteiger partial charge in [-0.25, -0.2) is 0 Å². The molecule has 0 heterocycles. The normalized spacial score (nSPS) is 8.89. The molecule has 0 N–H and O–H groups in total. The predicted octanol–water partition coefficient (Wildman–Crippen LogP) is 4.53. The SMILES string of the molecule is CC#N.ClCc1ccccc1OCc1ccccc1. The second-order valence-corrected chi connectivity index (χ2v) is 4.01. The first-order chi connectivity index (χ1) is 9.31. The number of halogens is 1. The molecule has 0 spiro atoms. The molecule has 0 aliphatic rings. The summed E-state index contributed by atoms with van der Waals surface area (Å²) in [5.41, 5.74) is 2.19. The average molecular weight is 274 g/mol. The molecule has 0 aliphatic carbocycles. The van der Waals surface area contributed by atoms with Crippen LogP contribution in [0.4, 0.5) is 0 Å². The fourth-order valence-corrected chi connectivity index (χ4v) is 1.71. The average Bonchev–Trinajstić information content (AvgIpc) is 2.47. The van der Waals surface area contributed by atoms with Gasteiger partial charge in [-0.05, 0) is 11.6 Å². The second kappa shape index (κ2) is 9.02. The van der Waals surface area contributed by atoms with Gasteiger partial charge in [0.15, 0.2) is 0 Å². The van der Waals surface area contributed by atoms with Crippen LogP contribution in [0.5, 0.6) is 5.75 Å². The van der Waals surface area contributed by atoms with E-state index in [1.165, 1.54) is 6.92 Å². The number of hydrogen-bond acceptors (Lipinski definition) is 2. The lowest BCUT2D eigenvalue weighted by molar-refractivity contribution is 0.304. The van der Waals surface area contributed by atoms with Crippen LogP contribution in [0.15, 0.2) is 54.6 Å². The Balaban J connectivity index is 0.000000550. The van der Waals surface area contributed by atoms with Crippen LogP contribution in [-0.4, -0.2) is 0 Å². The topological polar surface area (TPSA) is 33.0 Å². The predicted molar refractivity (Wildman–Crippen MR) is 78.1 cm³/mol. The number of benzene rings is 2. The molecule has 0 saturated heterocycles. The minimum Gasteiger partial charge on any atom is -0.489 e. The van der Waals surface area contributed by atoms with Crippen molar-refractivity contribution in [3.05, 3.63) is 65.7 Å². The van der Waals surface area contributed by atoms with Crippen LogP contribution in [-0.2, 0) is 12.5 Å². The molecule has 0 amide bonds. The van der Waals surface area contributed by atoms with Gasteiger partial charge < -0.3 is 4.74 Å². The van der Waals surface area contributed by atoms with E-state index in [2.05, 4.69) is 0 Å². The van der Waals surface area contributed by atoms with Crippen molar-refractivity contribution in [1.82, 2.24) is 0 Å². The van der Waals surface area contributed by atoms with E-state index in [4.69, 9.17) is 21.6 Å². The number of nitriles is 1. The molecule has 2 aromatic carbocycles. The first kappa shape index (κ1) is 15.1. The Morgan fingerprint density at radius 1 is 1.05 bits per heavy atom. The summed E-state index contributed by atoms with van der Waals surface area (Å²) in [4.78, 5) is 0. The van der Waals surface area contributed by atoms with Crippen LogP contribution in [0.25, 0.3) is 0 Å². The summed E-state index contributed by atoms with van der Waals surface area (Å²) in [5, 5.41) is 7.32. The Morgan fingerprint density at radius 2 is 1.63 bits per heavy atom. The maximum atomic E-state index is 7.32. The third-order valence-corrected chi connectivity index (χ3v) is 2.64. The zero-order chi connectivity index (χ0) is 13.9. The molecule has 19 heavy (non-hydrogen) atoms. The highest BCUT2D eigenvalue weighted by Crippen LogP contribution is 2.20. The molecule has 2 rings (SSSR count). The van der Waals surface area contributed by atoms with E-state index < -0.39 is 0 Å². The zero-order valence-corrected chi connectivity index (χ0v) is 11.6. The summed E-state index contributed by atoms with van der Waals surface area (Å²) in [6.07, 6.45) is 0. The molecule has 3 heteroatoms. The highest BCUT2D eigenvalue weighted by Gasteiger charge is 2.01. The third-order valence-electron chi connectivity index (χ3n) is 2.35. The fourth-order valence-electron chi connectivity index (χ4n) is 1.49. The van der Waals surface area contributed by atoms with E-state index in [9.17, 15) is 0 Å². The molecule has 0 atom stereocenters. The third kappa shape index (κ3) is 5.46. The molecule has 0 fully saturated rings. The van der Waals surface area contributed by atoms with Crippen molar-refractivity contribution in [2.75, 3.05) is 0 Å². The standard InChI is InChI=1S/C14H13ClO.C2H3N/c15-10-13-8-4-5-9-14(13)16-11-12-6-2-1-3-7-12;1-2-3/h1-9H,10-11H2;1H3. The lowest BCUT2D eigenvalue weighted by Crippen LogP contribution is -1.97. The van der Waals surface area contributed by atoms with Crippen LogP contribution in [0.2, 0.25) is 0 Å². The van der Waals surface area contributed by atoms with Crippen LogP contribution in [0.3, 0.4) is 0 Å². The van der Waals surface area contributed by atoms with E-state index in [1.807, 2.05) is 54.6 Å². The highest BCUT2D eigenvalue weighted by molar-refractivity contribution is 6.17. The van der Waals surface area contributed by atoms with Crippen molar-refractivity contribution in [2.45, 2.75) is 19.4 Å². The maximum Gasteiger partial charge on any atom is 0.124 e. The molecule has 2 nitrogen and oxygen atoms in total. The van der Waals surface area contributed by atoms with Gasteiger partial charge in [0, 0.05) is 12.5 Å². The van der Waals surface area contributed by atoms with E-state index in [0.29, 0.717) is 12.5 Å². The molecule has 0 saturated carbocycles. The minimum atomic E-state index is 0.477. The molecule has 98 valence electrons. The van der Waals surface area contributed by atoms with Crippen molar-refractivity contribution in [1.29, 1.82) is 5.26 Å². The first-order valence-electron chi connectivity index (χ1n) is 5.93. The van der Waals surface area contributed by atoms with Crippen LogP contribution < -0.4 is 4.74 Å². The number of alkyl halides is 1. The van der Waals surface area contributed by atoms with Gasteiger partial charge >= 0.3 is 0 Å². The summed E-state index contributed by atoms with van der Waals surface area (Å²) in [7, 11) is 0. The maximum absolute atomic E-state index is 7.32. The number of para-hydroxylation sites is 1. The number of hydrogen-bond donors (Lipinski definition) is 0. The fraction of sp³-hybridized carbons (Fsp3) is 0.188. The van der Waals surface area contributed by atoms with Crippen molar-refractivity contribution >= 4 is 11.6 Å². The summed E-state index contributed by atoms with van der Waals surface area (Å²) in [6.45, 7) is 2.01. The van der Waals surface area contributed by atoms with Crippen LogP contribution >= 0.6 is 11.6 Å². The van der Waals surface area contributed by atoms with Crippen molar-refractivity contribution in [3.63, 3.8) is 0 Å². The highest BCUT2D eigenvalue weighted by atomic mass is 35.5. The van der Waals surface area contributed by atoms with Crippen molar-refractivity contribution in [2.24, 2.45) is 0 Å². The second-order valence-electron chi connectivity index (χ2n) is 3.74. The first-order valence-corrected chi connectivity index (χ1v) is 6.46. The van der Waals surface area contributed by atoms with Gasteiger partial charge in [-0.2, -0.15) is 5.26 Å². The number of rotatable bonds is 4. The quantitative estimate of drug-likeness (QED) is 0.767. The molecule has 0 bridgehead atoms. The minimum absolute atomic E-state index is 0.477. The Bertz CT molecular complexity index is 520. The monoisotopic (exact) mass is 273 g/mol. The lowest BCUT2D eigenvalue weighted by atomic mass is 10.2. The molecule has 0 radical (unpaired) electrons. The van der Waals surface area contributed by atoms with E-state index >= 15 is 0 Å². The lowest BCUT2D eigenvalue weighted by Gasteiger charge is -2.09. The Labute approximate surface area is 119 Å². The van der Waals surface area contributed by atoms with Crippen molar-refractivity contribution in [3.8, 4) is 11.8 Å². The molecule has 0 unspecified atom stereocenters. The van der Waals surface area contributed by atoms with E-state index in [1.54, 1.807) is 6.07 Å². The van der Waals surface area contributed by atoms with Gasteiger partial charge in [-0.1, -0.05) is 48.5 Å². The van der Waals surface area contributed by atoms with Crippen LogP contribution in [0.1, 0.15) is 18.1 Å². The van der Waals surface area contributed by atoms with Crippen LogP contribution in [0, 0.1) is 11.3 Å². The molecule has 0 aliphatic heterocycles. The Hall–Kier alpha value is -1.98. The van der Waals surface area contributed by atoms with E-state index in [0.717, 1.165) is 16.9 Å². The molecule has 0 aromatic heterocycles. The molecular weight excluding hydrogens is 258 g/mol. The largest absolute Gasteiger partial charge is 0.489 e. The molecular formula is C16H16ClNO. The van der Waals surface area contributed by atoms with Gasteiger partial charge in [-0.15, -0.1) is 11.6 Å². The smallest absolute Gasteiger partial charge is 0.124 e. The zero-order valence-electron chi connectivity index (χ0n) is 10.8. The van der Waals surface area contributed by atoms with Gasteiger partial charge in [0.05, 0.1) is 11.9 Å². The molecule has 2 aromatic rings. The Kier molecular flexibility index (Phi) is 7.16. The van der Waals surface area contributed by atoms with Gasteiger partial charge in [0.25, 0.3) is 0 Å². The summed E-state index contributed by atoms with van der Waals surface area (Å²) in [5.74, 6) is 1.34. The van der Waals surface area contributed by atoms with E-state index in [-0.39, 0.29) is 0 Å². The summed E-state index contributed by atoms with van der Waals surface area (Å²) in [6, 6.07) is 19.7. The van der Waals surface area contributed by atoms with Gasteiger partial charge in [0.1, 0.15) is 12.4 Å². The van der Waals surface area contributed by atoms with Gasteiger partial charge in [0.2, 0.25) is 0 Å². The number of ether oxygens (including phenoxy) is 1. The summed E-state index contributed by atoms with van der Waals surface area (Å²) < 4.78 is 5.73. The summed E-state index contributed by atoms with van der Waals surface area (Å²) >= 11 is 5.83.